The Balaban J connectivity index is 1.77. The van der Waals surface area contributed by atoms with E-state index in [-0.39, 0.29) is 4.47 Å². The summed E-state index contributed by atoms with van der Waals surface area (Å²) in [4.78, 5) is 6.43. The highest BCUT2D eigenvalue weighted by Crippen LogP contribution is 2.32. The fraction of sp³-hybridized carbons (Fsp3) is 0.750. The lowest BCUT2D eigenvalue weighted by molar-refractivity contribution is 0.251. The highest BCUT2D eigenvalue weighted by Gasteiger charge is 2.37. The van der Waals surface area contributed by atoms with Gasteiger partial charge in [-0.15, -0.1) is 0 Å². The first kappa shape index (κ1) is 14.7. The van der Waals surface area contributed by atoms with Gasteiger partial charge in [-0.1, -0.05) is 22.9 Å². The van der Waals surface area contributed by atoms with Crippen molar-refractivity contribution < 1.29 is 8.42 Å². The third-order valence-electron chi connectivity index (χ3n) is 4.09. The van der Waals surface area contributed by atoms with Gasteiger partial charge in [-0.25, -0.2) is 13.4 Å². The fourth-order valence-electron chi connectivity index (χ4n) is 3.04. The molecule has 0 aromatic carbocycles. The van der Waals surface area contributed by atoms with E-state index in [1.807, 2.05) is 0 Å². The van der Waals surface area contributed by atoms with E-state index in [9.17, 15) is 8.42 Å². The SMILES string of the molecule is Cc1nc(Cl)sc1S(=O)(=O)N1CCC(N2CCCC2)C1. The molecular weight excluding hydrogens is 318 g/mol. The number of sulfonamides is 1. The summed E-state index contributed by atoms with van der Waals surface area (Å²) >= 11 is 6.88. The molecule has 112 valence electrons. The molecule has 20 heavy (non-hydrogen) atoms. The minimum atomic E-state index is -3.43. The number of nitrogens with zero attached hydrogens (tertiary/aromatic N) is 3. The number of aryl methyl sites for hydroxylation is 1. The molecule has 3 rings (SSSR count). The van der Waals surface area contributed by atoms with Crippen LogP contribution in [-0.4, -0.2) is 54.8 Å². The first-order valence-electron chi connectivity index (χ1n) is 6.85. The van der Waals surface area contributed by atoms with Crippen molar-refractivity contribution in [3.05, 3.63) is 10.2 Å². The first-order chi connectivity index (χ1) is 9.48. The molecule has 1 unspecified atom stereocenters. The van der Waals surface area contributed by atoms with Gasteiger partial charge < -0.3 is 0 Å². The summed E-state index contributed by atoms with van der Waals surface area (Å²) < 4.78 is 27.5. The highest BCUT2D eigenvalue weighted by molar-refractivity contribution is 7.91. The van der Waals surface area contributed by atoms with Crippen LogP contribution in [0.1, 0.15) is 25.0 Å². The van der Waals surface area contributed by atoms with Crippen molar-refractivity contribution in [2.24, 2.45) is 0 Å². The van der Waals surface area contributed by atoms with Crippen molar-refractivity contribution in [3.8, 4) is 0 Å². The van der Waals surface area contributed by atoms with Crippen LogP contribution in [0.2, 0.25) is 4.47 Å². The van der Waals surface area contributed by atoms with Gasteiger partial charge in [0.25, 0.3) is 10.0 Å². The van der Waals surface area contributed by atoms with Crippen LogP contribution in [0.5, 0.6) is 0 Å². The average molecular weight is 336 g/mol. The van der Waals surface area contributed by atoms with Crippen molar-refractivity contribution >= 4 is 33.0 Å². The molecule has 0 saturated carbocycles. The Hall–Kier alpha value is -0.210. The summed E-state index contributed by atoms with van der Waals surface area (Å²) in [7, 11) is -3.43. The molecule has 3 heterocycles. The zero-order chi connectivity index (χ0) is 14.3. The Labute approximate surface area is 128 Å². The molecule has 1 aromatic heterocycles. The van der Waals surface area contributed by atoms with E-state index in [0.29, 0.717) is 29.0 Å². The number of hydrogen-bond acceptors (Lipinski definition) is 5. The van der Waals surface area contributed by atoms with Gasteiger partial charge in [-0.3, -0.25) is 4.90 Å². The smallest absolute Gasteiger partial charge is 0.254 e. The molecule has 5 nitrogen and oxygen atoms in total. The number of thiazole rings is 1. The van der Waals surface area contributed by atoms with Crippen molar-refractivity contribution in [2.45, 2.75) is 36.4 Å². The third-order valence-corrected chi connectivity index (χ3v) is 7.80. The lowest BCUT2D eigenvalue weighted by Crippen LogP contribution is -2.37. The molecule has 2 aliphatic rings. The summed E-state index contributed by atoms with van der Waals surface area (Å²) in [5.41, 5.74) is 0.504. The molecule has 2 fully saturated rings. The van der Waals surface area contributed by atoms with E-state index in [4.69, 9.17) is 11.6 Å². The second-order valence-corrected chi connectivity index (χ2v) is 9.10. The van der Waals surface area contributed by atoms with Gasteiger partial charge in [0.15, 0.2) is 8.68 Å². The van der Waals surface area contributed by atoms with Crippen molar-refractivity contribution in [3.63, 3.8) is 0 Å². The van der Waals surface area contributed by atoms with Crippen LogP contribution < -0.4 is 0 Å². The summed E-state index contributed by atoms with van der Waals surface area (Å²) in [5.74, 6) is 0. The molecule has 0 radical (unpaired) electrons. The number of aromatic nitrogens is 1. The number of hydrogen-bond donors (Lipinski definition) is 0. The van der Waals surface area contributed by atoms with Gasteiger partial charge >= 0.3 is 0 Å². The molecule has 8 heteroatoms. The lowest BCUT2D eigenvalue weighted by Gasteiger charge is -2.23. The molecule has 0 aliphatic carbocycles. The van der Waals surface area contributed by atoms with Crippen LogP contribution in [0.15, 0.2) is 4.21 Å². The normalized spacial score (nSPS) is 25.6. The van der Waals surface area contributed by atoms with Crippen molar-refractivity contribution in [1.82, 2.24) is 14.2 Å². The van der Waals surface area contributed by atoms with Crippen LogP contribution in [0, 0.1) is 6.92 Å². The predicted molar refractivity (Wildman–Crippen MR) is 79.8 cm³/mol. The molecule has 0 N–H and O–H groups in total. The maximum atomic E-state index is 12.6. The lowest BCUT2D eigenvalue weighted by atomic mass is 10.2. The third kappa shape index (κ3) is 2.62. The van der Waals surface area contributed by atoms with E-state index in [1.54, 1.807) is 11.2 Å². The van der Waals surface area contributed by atoms with E-state index in [0.717, 1.165) is 30.8 Å². The standard InChI is InChI=1S/C12H18ClN3O2S2/c1-9-11(19-12(13)14-9)20(17,18)16-7-4-10(8-16)15-5-2-3-6-15/h10H,2-8H2,1H3. The number of likely N-dealkylation sites (tertiary alicyclic amines) is 1. The summed E-state index contributed by atoms with van der Waals surface area (Å²) in [6.07, 6.45) is 3.38. The Kier molecular flexibility index (Phi) is 4.07. The van der Waals surface area contributed by atoms with E-state index in [1.165, 1.54) is 12.8 Å². The van der Waals surface area contributed by atoms with Gasteiger partial charge in [0, 0.05) is 19.1 Å². The monoisotopic (exact) mass is 335 g/mol. The van der Waals surface area contributed by atoms with Gasteiger partial charge in [0.2, 0.25) is 0 Å². The number of rotatable bonds is 3. The first-order valence-corrected chi connectivity index (χ1v) is 9.49. The summed E-state index contributed by atoms with van der Waals surface area (Å²) in [6.45, 7) is 5.09. The average Bonchev–Trinajstić information content (AvgIpc) is 3.07. The minimum Gasteiger partial charge on any atom is -0.299 e. The number of halogens is 1. The highest BCUT2D eigenvalue weighted by atomic mass is 35.5. The fourth-order valence-corrected chi connectivity index (χ4v) is 6.41. The maximum absolute atomic E-state index is 12.6. The second kappa shape index (κ2) is 5.53. The summed E-state index contributed by atoms with van der Waals surface area (Å²) in [6, 6.07) is 0.371. The van der Waals surface area contributed by atoms with Gasteiger partial charge in [-0.05, 0) is 39.3 Å². The van der Waals surface area contributed by atoms with Crippen LogP contribution in [-0.2, 0) is 10.0 Å². The quantitative estimate of drug-likeness (QED) is 0.847. The van der Waals surface area contributed by atoms with E-state index < -0.39 is 10.0 Å². The van der Waals surface area contributed by atoms with Gasteiger partial charge in [0.05, 0.1) is 5.69 Å². The predicted octanol–water partition coefficient (Wildman–Crippen LogP) is 1.96. The van der Waals surface area contributed by atoms with Gasteiger partial charge in [-0.2, -0.15) is 4.31 Å². The zero-order valence-electron chi connectivity index (χ0n) is 11.4. The van der Waals surface area contributed by atoms with Crippen molar-refractivity contribution in [2.75, 3.05) is 26.2 Å². The van der Waals surface area contributed by atoms with E-state index in [2.05, 4.69) is 9.88 Å². The second-order valence-electron chi connectivity index (χ2n) is 5.39. The summed E-state index contributed by atoms with van der Waals surface area (Å²) in [5, 5.41) is 0. The molecule has 2 aliphatic heterocycles. The Morgan fingerprint density at radius 1 is 1.30 bits per heavy atom. The van der Waals surface area contributed by atoms with Crippen LogP contribution in [0.4, 0.5) is 0 Å². The molecule has 1 aromatic rings. The minimum absolute atomic E-state index is 0.288. The zero-order valence-corrected chi connectivity index (χ0v) is 13.8. The molecule has 2 saturated heterocycles. The Morgan fingerprint density at radius 2 is 2.00 bits per heavy atom. The van der Waals surface area contributed by atoms with Crippen molar-refractivity contribution in [1.29, 1.82) is 0 Å². The molecule has 0 amide bonds. The Bertz CT molecular complexity index is 596. The van der Waals surface area contributed by atoms with Crippen LogP contribution >= 0.6 is 22.9 Å². The maximum Gasteiger partial charge on any atom is 0.254 e. The van der Waals surface area contributed by atoms with Gasteiger partial charge in [0.1, 0.15) is 0 Å². The molecule has 0 spiro atoms. The van der Waals surface area contributed by atoms with Crippen LogP contribution in [0.25, 0.3) is 0 Å². The molecule has 0 bridgehead atoms. The topological polar surface area (TPSA) is 53.5 Å². The van der Waals surface area contributed by atoms with Crippen LogP contribution in [0.3, 0.4) is 0 Å². The Morgan fingerprint density at radius 3 is 2.60 bits per heavy atom. The van der Waals surface area contributed by atoms with E-state index >= 15 is 0 Å². The largest absolute Gasteiger partial charge is 0.299 e. The molecular formula is C12H18ClN3O2S2. The molecule has 1 atom stereocenters.